The Morgan fingerprint density at radius 1 is 1.11 bits per heavy atom. The Morgan fingerprint density at radius 2 is 1.78 bits per heavy atom. The van der Waals surface area contributed by atoms with Gasteiger partial charge in [0.1, 0.15) is 5.82 Å². The summed E-state index contributed by atoms with van der Waals surface area (Å²) < 4.78 is 46.0. The van der Waals surface area contributed by atoms with Gasteiger partial charge in [0, 0.05) is 49.2 Å². The molecule has 0 spiro atoms. The molecule has 0 saturated carbocycles. The van der Waals surface area contributed by atoms with Gasteiger partial charge in [-0.25, -0.2) is 13.2 Å². The molecular formula is C17H20F3N3O4. The van der Waals surface area contributed by atoms with Crippen LogP contribution in [0, 0.1) is 27.6 Å². The number of carbonyl (C=O) groups excluding carboxylic acids is 1. The molecule has 3 rings (SSSR count). The first-order valence-electron chi connectivity index (χ1n) is 8.72. The third kappa shape index (κ3) is 4.38. The maximum atomic E-state index is 14.1. The highest BCUT2D eigenvalue weighted by atomic mass is 19.2. The number of likely N-dealkylation sites (tertiary alicyclic amines) is 1. The van der Waals surface area contributed by atoms with Gasteiger partial charge in [0.15, 0.2) is 11.6 Å². The van der Waals surface area contributed by atoms with Crippen LogP contribution in [0.1, 0.15) is 17.9 Å². The summed E-state index contributed by atoms with van der Waals surface area (Å²) in [7, 11) is 0. The Morgan fingerprint density at radius 3 is 2.44 bits per heavy atom. The fourth-order valence-corrected chi connectivity index (χ4v) is 3.56. The first kappa shape index (κ1) is 19.6. The number of amides is 1. The second-order valence-corrected chi connectivity index (χ2v) is 6.74. The maximum Gasteiger partial charge on any atom is 0.237 e. The van der Waals surface area contributed by atoms with Gasteiger partial charge in [0.05, 0.1) is 25.7 Å². The van der Waals surface area contributed by atoms with Gasteiger partial charge >= 0.3 is 0 Å². The van der Waals surface area contributed by atoms with Crippen molar-refractivity contribution in [1.82, 2.24) is 9.80 Å². The van der Waals surface area contributed by atoms with Gasteiger partial charge in [0.25, 0.3) is 0 Å². The third-order valence-corrected chi connectivity index (χ3v) is 5.12. The average molecular weight is 387 g/mol. The van der Waals surface area contributed by atoms with E-state index >= 15 is 0 Å². The quantitative estimate of drug-likeness (QED) is 0.434. The Kier molecular flexibility index (Phi) is 5.95. The molecule has 0 bridgehead atoms. The van der Waals surface area contributed by atoms with Gasteiger partial charge in [-0.15, -0.1) is 0 Å². The molecule has 2 aliphatic rings. The van der Waals surface area contributed by atoms with E-state index in [1.54, 1.807) is 0 Å². The van der Waals surface area contributed by atoms with E-state index in [-0.39, 0.29) is 24.4 Å². The zero-order chi connectivity index (χ0) is 19.6. The van der Waals surface area contributed by atoms with Crippen molar-refractivity contribution in [3.8, 4) is 0 Å². The molecule has 0 unspecified atom stereocenters. The van der Waals surface area contributed by atoms with Gasteiger partial charge in [-0.2, -0.15) is 0 Å². The van der Waals surface area contributed by atoms with E-state index in [1.807, 2.05) is 0 Å². The second kappa shape index (κ2) is 8.22. The van der Waals surface area contributed by atoms with Crippen LogP contribution < -0.4 is 0 Å². The van der Waals surface area contributed by atoms with Crippen LogP contribution in [-0.2, 0) is 9.53 Å². The van der Waals surface area contributed by atoms with E-state index in [1.165, 1.54) is 4.90 Å². The minimum absolute atomic E-state index is 0.195. The predicted octanol–water partition coefficient (Wildman–Crippen LogP) is 1.40. The number of ether oxygens (including phenoxy) is 1. The molecule has 0 N–H and O–H groups in total. The van der Waals surface area contributed by atoms with Crippen molar-refractivity contribution >= 4 is 5.91 Å². The Bertz CT molecular complexity index is 728. The number of piperidine rings is 1. The first-order chi connectivity index (χ1) is 12.9. The molecule has 0 aromatic heterocycles. The van der Waals surface area contributed by atoms with E-state index in [0.29, 0.717) is 38.4 Å². The highest BCUT2D eigenvalue weighted by molar-refractivity contribution is 5.78. The summed E-state index contributed by atoms with van der Waals surface area (Å²) in [5.41, 5.74) is -0.336. The van der Waals surface area contributed by atoms with Crippen LogP contribution in [0.2, 0.25) is 0 Å². The summed E-state index contributed by atoms with van der Waals surface area (Å²) in [6, 6.07) is -0.314. The lowest BCUT2D eigenvalue weighted by Gasteiger charge is -2.35. The summed E-state index contributed by atoms with van der Waals surface area (Å²) in [6.45, 7) is 3.33. The van der Waals surface area contributed by atoms with Crippen molar-refractivity contribution in [1.29, 1.82) is 0 Å². The molecule has 10 heteroatoms. The normalized spacial score (nSPS) is 24.3. The van der Waals surface area contributed by atoms with Crippen LogP contribution in [0.15, 0.2) is 12.1 Å². The topological polar surface area (TPSA) is 75.9 Å². The van der Waals surface area contributed by atoms with Crippen molar-refractivity contribution in [2.75, 3.05) is 45.9 Å². The number of morpholine rings is 1. The zero-order valence-electron chi connectivity index (χ0n) is 14.6. The number of hydrogen-bond acceptors (Lipinski definition) is 5. The van der Waals surface area contributed by atoms with E-state index in [9.17, 15) is 28.1 Å². The Hall–Kier alpha value is -2.20. The zero-order valence-corrected chi connectivity index (χ0v) is 14.6. The number of nitrogens with zero attached hydrogens (tertiary/aromatic N) is 3. The lowest BCUT2D eigenvalue weighted by molar-refractivity contribution is -0.528. The molecule has 148 valence electrons. The number of hydrogen-bond donors (Lipinski definition) is 0. The summed E-state index contributed by atoms with van der Waals surface area (Å²) >= 11 is 0. The van der Waals surface area contributed by atoms with Crippen LogP contribution in [0.5, 0.6) is 0 Å². The third-order valence-electron chi connectivity index (χ3n) is 5.12. The smallest absolute Gasteiger partial charge is 0.237 e. The molecule has 2 saturated heterocycles. The van der Waals surface area contributed by atoms with Crippen LogP contribution in [0.3, 0.4) is 0 Å². The largest absolute Gasteiger partial charge is 0.379 e. The summed E-state index contributed by atoms with van der Waals surface area (Å²) in [4.78, 5) is 26.9. The van der Waals surface area contributed by atoms with E-state index in [4.69, 9.17) is 4.74 Å². The maximum absolute atomic E-state index is 14.1. The predicted molar refractivity (Wildman–Crippen MR) is 88.3 cm³/mol. The minimum atomic E-state index is -1.37. The summed E-state index contributed by atoms with van der Waals surface area (Å²) in [5, 5.41) is 11.5. The summed E-state index contributed by atoms with van der Waals surface area (Å²) in [5.74, 6) is -5.25. The standard InChI is InChI=1S/C17H20F3N3O4/c18-13-9-15(20)14(19)7-11(13)12-8-17(24)22(10-16(12)23(25)26)2-1-21-3-5-27-6-4-21/h7,9,12,16H,1-6,8,10H2/t12-,16+/m1/s1. The highest BCUT2D eigenvalue weighted by Gasteiger charge is 2.43. The number of carbonyl (C=O) groups is 1. The van der Waals surface area contributed by atoms with E-state index in [2.05, 4.69) is 4.90 Å². The second-order valence-electron chi connectivity index (χ2n) is 6.74. The molecule has 1 aromatic carbocycles. The van der Waals surface area contributed by atoms with Crippen molar-refractivity contribution in [3.05, 3.63) is 45.3 Å². The molecule has 2 fully saturated rings. The monoisotopic (exact) mass is 387 g/mol. The molecule has 2 aliphatic heterocycles. The van der Waals surface area contributed by atoms with Gasteiger partial charge in [-0.1, -0.05) is 0 Å². The number of nitro groups is 1. The number of rotatable bonds is 5. The SMILES string of the molecule is O=C1C[C@H](c2cc(F)c(F)cc2F)[C@@H]([N+](=O)[O-])CN1CCN1CCOCC1. The van der Waals surface area contributed by atoms with E-state index < -0.39 is 34.3 Å². The first-order valence-corrected chi connectivity index (χ1v) is 8.72. The van der Waals surface area contributed by atoms with Crippen molar-refractivity contribution in [3.63, 3.8) is 0 Å². The summed E-state index contributed by atoms with van der Waals surface area (Å²) in [6.07, 6.45) is -0.323. The van der Waals surface area contributed by atoms with E-state index in [0.717, 1.165) is 13.1 Å². The van der Waals surface area contributed by atoms with Crippen LogP contribution in [0.25, 0.3) is 0 Å². The molecule has 2 heterocycles. The molecule has 0 radical (unpaired) electrons. The molecule has 0 aliphatic carbocycles. The fourth-order valence-electron chi connectivity index (χ4n) is 3.56. The van der Waals surface area contributed by atoms with Crippen LogP contribution >= 0.6 is 0 Å². The molecule has 2 atom stereocenters. The van der Waals surface area contributed by atoms with Gasteiger partial charge in [-0.3, -0.25) is 19.8 Å². The molecule has 1 amide bonds. The number of benzene rings is 1. The lowest BCUT2D eigenvalue weighted by atomic mass is 9.84. The average Bonchev–Trinajstić information content (AvgIpc) is 2.64. The molecule has 1 aromatic rings. The fraction of sp³-hybridized carbons (Fsp3) is 0.588. The van der Waals surface area contributed by atoms with Crippen LogP contribution in [-0.4, -0.2) is 72.6 Å². The lowest BCUT2D eigenvalue weighted by Crippen LogP contribution is -2.52. The minimum Gasteiger partial charge on any atom is -0.379 e. The van der Waals surface area contributed by atoms with Crippen molar-refractivity contribution in [2.45, 2.75) is 18.4 Å². The van der Waals surface area contributed by atoms with Crippen molar-refractivity contribution < 1.29 is 27.6 Å². The van der Waals surface area contributed by atoms with Crippen LogP contribution in [0.4, 0.5) is 13.2 Å². The highest BCUT2D eigenvalue weighted by Crippen LogP contribution is 2.33. The molecular weight excluding hydrogens is 367 g/mol. The Labute approximate surface area is 153 Å². The van der Waals surface area contributed by atoms with Gasteiger partial charge in [0.2, 0.25) is 11.9 Å². The Balaban J connectivity index is 1.74. The van der Waals surface area contributed by atoms with Crippen molar-refractivity contribution in [2.24, 2.45) is 0 Å². The molecule has 27 heavy (non-hydrogen) atoms. The van der Waals surface area contributed by atoms with Gasteiger partial charge < -0.3 is 9.64 Å². The van der Waals surface area contributed by atoms with Gasteiger partial charge in [-0.05, 0) is 6.07 Å². The molecule has 7 nitrogen and oxygen atoms in total. The number of halogens is 3.